The van der Waals surface area contributed by atoms with Crippen molar-refractivity contribution in [1.29, 1.82) is 0 Å². The summed E-state index contributed by atoms with van der Waals surface area (Å²) in [4.78, 5) is 4.38. The molecule has 0 spiro atoms. The zero-order chi connectivity index (χ0) is 13.0. The number of aromatic nitrogens is 3. The number of pyridine rings is 1. The number of hydrogen-bond acceptors (Lipinski definition) is 4. The minimum atomic E-state index is -0.448. The van der Waals surface area contributed by atoms with Crippen LogP contribution in [0.5, 0.6) is 0 Å². The SMILES string of the molecule is CC1(C)OB(c2nccc3[nH]ncc23)OC1(C)C. The number of H-pyrrole nitrogens is 1. The highest BCUT2D eigenvalue weighted by molar-refractivity contribution is 6.64. The van der Waals surface area contributed by atoms with Gasteiger partial charge >= 0.3 is 7.12 Å². The molecule has 3 rings (SSSR count). The molecule has 0 aliphatic carbocycles. The Balaban J connectivity index is 2.05. The molecule has 1 saturated heterocycles. The zero-order valence-electron chi connectivity index (χ0n) is 11.0. The average Bonchev–Trinajstić information content (AvgIpc) is 2.81. The topological polar surface area (TPSA) is 60.0 Å². The predicted octanol–water partition coefficient (Wildman–Crippen LogP) is 1.26. The molecular formula is C12H16BN3O2. The van der Waals surface area contributed by atoms with Crippen LogP contribution in [0.2, 0.25) is 0 Å². The lowest BCUT2D eigenvalue weighted by Gasteiger charge is -2.32. The second kappa shape index (κ2) is 3.55. The van der Waals surface area contributed by atoms with Gasteiger partial charge in [-0.3, -0.25) is 10.1 Å². The molecule has 0 atom stereocenters. The maximum atomic E-state index is 6.00. The zero-order valence-corrected chi connectivity index (χ0v) is 11.0. The Kier molecular flexibility index (Phi) is 2.31. The van der Waals surface area contributed by atoms with Crippen molar-refractivity contribution < 1.29 is 9.31 Å². The first-order valence-corrected chi connectivity index (χ1v) is 6.04. The molecule has 2 aromatic heterocycles. The van der Waals surface area contributed by atoms with Crippen LogP contribution in [-0.4, -0.2) is 33.5 Å². The van der Waals surface area contributed by atoms with Gasteiger partial charge in [0.15, 0.2) is 0 Å². The molecule has 18 heavy (non-hydrogen) atoms. The Morgan fingerprint density at radius 1 is 1.17 bits per heavy atom. The van der Waals surface area contributed by atoms with Gasteiger partial charge in [-0.25, -0.2) is 0 Å². The van der Waals surface area contributed by atoms with Crippen molar-refractivity contribution in [1.82, 2.24) is 15.2 Å². The summed E-state index contributed by atoms with van der Waals surface area (Å²) < 4.78 is 12.0. The van der Waals surface area contributed by atoms with E-state index in [1.54, 1.807) is 12.4 Å². The van der Waals surface area contributed by atoms with E-state index in [4.69, 9.17) is 9.31 Å². The molecule has 0 saturated carbocycles. The number of aromatic amines is 1. The van der Waals surface area contributed by atoms with Gasteiger partial charge in [0.25, 0.3) is 0 Å². The molecule has 1 N–H and O–H groups in total. The molecule has 2 aromatic rings. The van der Waals surface area contributed by atoms with Gasteiger partial charge in [-0.15, -0.1) is 0 Å². The second-order valence-electron chi connectivity index (χ2n) is 5.62. The smallest absolute Gasteiger partial charge is 0.398 e. The fourth-order valence-corrected chi connectivity index (χ4v) is 2.03. The minimum Gasteiger partial charge on any atom is -0.398 e. The van der Waals surface area contributed by atoms with E-state index in [1.165, 1.54) is 0 Å². The average molecular weight is 245 g/mol. The Bertz CT molecular complexity index is 578. The number of rotatable bonds is 1. The molecule has 5 nitrogen and oxygen atoms in total. The van der Waals surface area contributed by atoms with Crippen LogP contribution in [0.25, 0.3) is 10.9 Å². The molecule has 6 heteroatoms. The van der Waals surface area contributed by atoms with Gasteiger partial charge in [0.1, 0.15) is 0 Å². The van der Waals surface area contributed by atoms with Crippen molar-refractivity contribution in [2.75, 3.05) is 0 Å². The fourth-order valence-electron chi connectivity index (χ4n) is 2.03. The molecule has 3 heterocycles. The number of nitrogens with one attached hydrogen (secondary N) is 1. The quantitative estimate of drug-likeness (QED) is 0.768. The molecule has 0 unspecified atom stereocenters. The second-order valence-corrected chi connectivity index (χ2v) is 5.62. The first-order chi connectivity index (χ1) is 8.41. The lowest BCUT2D eigenvalue weighted by molar-refractivity contribution is 0.00578. The van der Waals surface area contributed by atoms with Crippen LogP contribution in [0.4, 0.5) is 0 Å². The third-order valence-electron chi connectivity index (χ3n) is 3.88. The number of nitrogens with zero attached hydrogens (tertiary/aromatic N) is 2. The normalized spacial score (nSPS) is 21.7. The van der Waals surface area contributed by atoms with Crippen molar-refractivity contribution in [3.63, 3.8) is 0 Å². The summed E-state index contributed by atoms with van der Waals surface area (Å²) in [6.07, 6.45) is 3.49. The van der Waals surface area contributed by atoms with Gasteiger partial charge in [0, 0.05) is 11.6 Å². The van der Waals surface area contributed by atoms with Crippen molar-refractivity contribution >= 4 is 23.6 Å². The molecule has 0 bridgehead atoms. The molecule has 0 aromatic carbocycles. The lowest BCUT2D eigenvalue weighted by Crippen LogP contribution is -2.41. The minimum absolute atomic E-state index is 0.356. The fraction of sp³-hybridized carbons (Fsp3) is 0.500. The van der Waals surface area contributed by atoms with Crippen LogP contribution in [0.15, 0.2) is 18.5 Å². The lowest BCUT2D eigenvalue weighted by atomic mass is 9.82. The summed E-state index contributed by atoms with van der Waals surface area (Å²) in [5, 5.41) is 7.89. The van der Waals surface area contributed by atoms with Gasteiger partial charge in [-0.2, -0.15) is 5.10 Å². The monoisotopic (exact) mass is 245 g/mol. The molecule has 94 valence electrons. The van der Waals surface area contributed by atoms with Crippen molar-refractivity contribution in [3.8, 4) is 0 Å². The van der Waals surface area contributed by atoms with Crippen LogP contribution in [0, 0.1) is 0 Å². The Labute approximate surface area is 106 Å². The third-order valence-corrected chi connectivity index (χ3v) is 3.88. The molecule has 1 aliphatic heterocycles. The highest BCUT2D eigenvalue weighted by atomic mass is 16.7. The van der Waals surface area contributed by atoms with Crippen LogP contribution in [0.1, 0.15) is 27.7 Å². The van der Waals surface area contributed by atoms with Crippen LogP contribution >= 0.6 is 0 Å². The van der Waals surface area contributed by atoms with E-state index in [9.17, 15) is 0 Å². The van der Waals surface area contributed by atoms with Crippen molar-refractivity contribution in [3.05, 3.63) is 18.5 Å². The van der Waals surface area contributed by atoms with E-state index in [0.29, 0.717) is 0 Å². The summed E-state index contributed by atoms with van der Waals surface area (Å²) in [6, 6.07) is 1.89. The standard InChI is InChI=1S/C12H16BN3O2/c1-11(2)12(3,4)18-13(17-11)10-8-7-15-16-9(8)5-6-14-10/h5-7H,1-4H3,(H,15,16). The van der Waals surface area contributed by atoms with Gasteiger partial charge < -0.3 is 9.31 Å². The Morgan fingerprint density at radius 2 is 1.83 bits per heavy atom. The van der Waals surface area contributed by atoms with Gasteiger partial charge in [0.05, 0.1) is 28.5 Å². The number of fused-ring (bicyclic) bond motifs is 1. The maximum absolute atomic E-state index is 6.00. The maximum Gasteiger partial charge on any atom is 0.515 e. The molecular weight excluding hydrogens is 229 g/mol. The highest BCUT2D eigenvalue weighted by Gasteiger charge is 2.52. The first-order valence-electron chi connectivity index (χ1n) is 6.04. The Hall–Kier alpha value is -1.40. The van der Waals surface area contributed by atoms with E-state index in [-0.39, 0.29) is 11.2 Å². The summed E-state index contributed by atoms with van der Waals surface area (Å²) in [5.74, 6) is 0. The van der Waals surface area contributed by atoms with E-state index < -0.39 is 7.12 Å². The van der Waals surface area contributed by atoms with Crippen LogP contribution in [-0.2, 0) is 9.31 Å². The highest BCUT2D eigenvalue weighted by Crippen LogP contribution is 2.36. The third kappa shape index (κ3) is 1.56. The van der Waals surface area contributed by atoms with E-state index in [1.807, 2.05) is 33.8 Å². The molecule has 0 radical (unpaired) electrons. The first kappa shape index (κ1) is 11.7. The van der Waals surface area contributed by atoms with Crippen molar-refractivity contribution in [2.45, 2.75) is 38.9 Å². The van der Waals surface area contributed by atoms with E-state index in [0.717, 1.165) is 16.5 Å². The summed E-state index contributed by atoms with van der Waals surface area (Å²) >= 11 is 0. The summed E-state index contributed by atoms with van der Waals surface area (Å²) in [7, 11) is -0.448. The number of hydrogen-bond donors (Lipinski definition) is 1. The summed E-state index contributed by atoms with van der Waals surface area (Å²) in [6.45, 7) is 8.12. The molecule has 1 aliphatic rings. The largest absolute Gasteiger partial charge is 0.515 e. The molecule has 1 fully saturated rings. The van der Waals surface area contributed by atoms with Crippen LogP contribution in [0.3, 0.4) is 0 Å². The molecule has 0 amide bonds. The van der Waals surface area contributed by atoms with Gasteiger partial charge in [-0.1, -0.05) is 0 Å². The Morgan fingerprint density at radius 3 is 2.50 bits per heavy atom. The van der Waals surface area contributed by atoms with Crippen LogP contribution < -0.4 is 5.59 Å². The van der Waals surface area contributed by atoms with E-state index in [2.05, 4.69) is 15.2 Å². The van der Waals surface area contributed by atoms with Gasteiger partial charge in [-0.05, 0) is 33.8 Å². The van der Waals surface area contributed by atoms with Crippen molar-refractivity contribution in [2.24, 2.45) is 0 Å². The van der Waals surface area contributed by atoms with Gasteiger partial charge in [0.2, 0.25) is 0 Å². The summed E-state index contributed by atoms with van der Waals surface area (Å²) in [5.41, 5.74) is 1.01. The predicted molar refractivity (Wildman–Crippen MR) is 69.6 cm³/mol. The van der Waals surface area contributed by atoms with E-state index >= 15 is 0 Å².